The van der Waals surface area contributed by atoms with Crippen LogP contribution in [0.15, 0.2) is 17.0 Å². The van der Waals surface area contributed by atoms with Crippen molar-refractivity contribution in [2.24, 2.45) is 0 Å². The predicted octanol–water partition coefficient (Wildman–Crippen LogP) is 1.32. The lowest BCUT2D eigenvalue weighted by Crippen LogP contribution is -2.37. The van der Waals surface area contributed by atoms with Crippen LogP contribution in [-0.4, -0.2) is 36.9 Å². The summed E-state index contributed by atoms with van der Waals surface area (Å²) in [4.78, 5) is 9.44. The molecule has 0 aliphatic carbocycles. The number of nitrogens with zero attached hydrogens (tertiary/aromatic N) is 2. The van der Waals surface area contributed by atoms with Crippen molar-refractivity contribution in [3.8, 4) is 6.07 Å². The standard InChI is InChI=1S/C12H12F2N2O4S/c1-2-3-16(7-11(17)18)21(19,20)12-9(13)4-8(6-15)5-10(12)14/h4-5H,2-3,7H2,1H3,(H,17,18). The fraction of sp³-hybridized carbons (Fsp3) is 0.333. The molecule has 1 aromatic rings. The van der Waals surface area contributed by atoms with Crippen LogP contribution in [0.2, 0.25) is 0 Å². The zero-order valence-corrected chi connectivity index (χ0v) is 11.8. The van der Waals surface area contributed by atoms with Crippen molar-refractivity contribution in [1.82, 2.24) is 4.31 Å². The van der Waals surface area contributed by atoms with E-state index < -0.39 is 39.1 Å². The highest BCUT2D eigenvalue weighted by Crippen LogP contribution is 2.24. The average Bonchev–Trinajstić information content (AvgIpc) is 2.36. The summed E-state index contributed by atoms with van der Waals surface area (Å²) in [7, 11) is -4.65. The molecule has 6 nitrogen and oxygen atoms in total. The van der Waals surface area contributed by atoms with Gasteiger partial charge in [-0.3, -0.25) is 4.79 Å². The number of hydrogen-bond acceptors (Lipinski definition) is 4. The van der Waals surface area contributed by atoms with E-state index in [2.05, 4.69) is 0 Å². The van der Waals surface area contributed by atoms with Gasteiger partial charge in [-0.2, -0.15) is 9.57 Å². The maximum absolute atomic E-state index is 13.8. The molecule has 0 fully saturated rings. The van der Waals surface area contributed by atoms with E-state index in [1.165, 1.54) is 6.07 Å². The Labute approximate surface area is 120 Å². The van der Waals surface area contributed by atoms with Crippen LogP contribution in [-0.2, 0) is 14.8 Å². The minimum Gasteiger partial charge on any atom is -0.480 e. The maximum Gasteiger partial charge on any atom is 0.318 e. The topological polar surface area (TPSA) is 98.5 Å². The molecule has 0 amide bonds. The summed E-state index contributed by atoms with van der Waals surface area (Å²) in [6, 6.07) is 2.66. The van der Waals surface area contributed by atoms with E-state index in [1.807, 2.05) is 0 Å². The van der Waals surface area contributed by atoms with Crippen LogP contribution < -0.4 is 0 Å². The van der Waals surface area contributed by atoms with Crippen LogP contribution in [0.25, 0.3) is 0 Å². The van der Waals surface area contributed by atoms with E-state index in [0.717, 1.165) is 0 Å². The zero-order valence-electron chi connectivity index (χ0n) is 11.0. The molecule has 1 N–H and O–H groups in total. The van der Waals surface area contributed by atoms with Crippen LogP contribution >= 0.6 is 0 Å². The molecule has 9 heteroatoms. The SMILES string of the molecule is CCCN(CC(=O)O)S(=O)(=O)c1c(F)cc(C#N)cc1F. The fourth-order valence-corrected chi connectivity index (χ4v) is 3.26. The van der Waals surface area contributed by atoms with Crippen LogP contribution in [0.3, 0.4) is 0 Å². The molecule has 0 atom stereocenters. The summed E-state index contributed by atoms with van der Waals surface area (Å²) in [5.41, 5.74) is -0.371. The van der Waals surface area contributed by atoms with Gasteiger partial charge in [0.05, 0.1) is 11.6 Å². The number of carboxylic acids is 1. The van der Waals surface area contributed by atoms with Gasteiger partial charge in [0.1, 0.15) is 18.2 Å². The molecule has 114 valence electrons. The van der Waals surface area contributed by atoms with Crippen molar-refractivity contribution in [3.63, 3.8) is 0 Å². The number of benzene rings is 1. The number of rotatable bonds is 6. The van der Waals surface area contributed by atoms with Gasteiger partial charge in [0.2, 0.25) is 10.0 Å². The molecule has 0 radical (unpaired) electrons. The molecule has 0 unspecified atom stereocenters. The number of nitriles is 1. The molecule has 1 rings (SSSR count). The number of aliphatic carboxylic acids is 1. The first-order chi connectivity index (χ1) is 9.73. The summed E-state index contributed by atoms with van der Waals surface area (Å²) < 4.78 is 52.4. The van der Waals surface area contributed by atoms with Gasteiger partial charge in [0.15, 0.2) is 4.90 Å². The third-order valence-corrected chi connectivity index (χ3v) is 4.41. The smallest absolute Gasteiger partial charge is 0.318 e. The molecule has 0 aliphatic rings. The van der Waals surface area contributed by atoms with Gasteiger partial charge in [0.25, 0.3) is 0 Å². The number of carboxylic acid groups (broad SMARTS) is 1. The second-order valence-electron chi connectivity index (χ2n) is 4.11. The molecule has 0 saturated heterocycles. The normalized spacial score (nSPS) is 11.4. The highest BCUT2D eigenvalue weighted by Gasteiger charge is 2.32. The Kier molecular flexibility index (Phi) is 5.34. The Bertz CT molecular complexity index is 675. The van der Waals surface area contributed by atoms with Crippen LogP contribution in [0.1, 0.15) is 18.9 Å². The third kappa shape index (κ3) is 3.74. The monoisotopic (exact) mass is 318 g/mol. The minimum atomic E-state index is -4.65. The summed E-state index contributed by atoms with van der Waals surface area (Å²) in [5.74, 6) is -4.31. The average molecular weight is 318 g/mol. The molecular weight excluding hydrogens is 306 g/mol. The summed E-state index contributed by atoms with van der Waals surface area (Å²) in [6.07, 6.45) is 0.270. The molecule has 0 aromatic heterocycles. The van der Waals surface area contributed by atoms with Crippen LogP contribution in [0.5, 0.6) is 0 Å². The van der Waals surface area contributed by atoms with E-state index in [0.29, 0.717) is 16.4 Å². The first-order valence-electron chi connectivity index (χ1n) is 5.85. The lowest BCUT2D eigenvalue weighted by atomic mass is 10.2. The van der Waals surface area contributed by atoms with Gasteiger partial charge in [-0.05, 0) is 18.6 Å². The van der Waals surface area contributed by atoms with Gasteiger partial charge in [-0.25, -0.2) is 17.2 Å². The Morgan fingerprint density at radius 2 is 1.90 bits per heavy atom. The Hall–Kier alpha value is -2.05. The zero-order chi connectivity index (χ0) is 16.2. The summed E-state index contributed by atoms with van der Waals surface area (Å²) >= 11 is 0. The van der Waals surface area contributed by atoms with E-state index in [4.69, 9.17) is 10.4 Å². The van der Waals surface area contributed by atoms with Gasteiger partial charge in [-0.1, -0.05) is 6.92 Å². The number of hydrogen-bond donors (Lipinski definition) is 1. The predicted molar refractivity (Wildman–Crippen MR) is 67.8 cm³/mol. The van der Waals surface area contributed by atoms with Gasteiger partial charge in [0, 0.05) is 6.54 Å². The molecule has 0 saturated carbocycles. The second-order valence-corrected chi connectivity index (χ2v) is 5.99. The lowest BCUT2D eigenvalue weighted by molar-refractivity contribution is -0.137. The number of carbonyl (C=O) groups is 1. The second kappa shape index (κ2) is 6.60. The molecule has 1 aromatic carbocycles. The Morgan fingerprint density at radius 3 is 2.29 bits per heavy atom. The molecule has 0 heterocycles. The molecule has 0 aliphatic heterocycles. The highest BCUT2D eigenvalue weighted by molar-refractivity contribution is 7.89. The highest BCUT2D eigenvalue weighted by atomic mass is 32.2. The quantitative estimate of drug-likeness (QED) is 0.853. The molecule has 0 bridgehead atoms. The summed E-state index contributed by atoms with van der Waals surface area (Å²) in [5, 5.41) is 17.3. The largest absolute Gasteiger partial charge is 0.480 e. The first-order valence-corrected chi connectivity index (χ1v) is 7.29. The number of halogens is 2. The third-order valence-electron chi connectivity index (χ3n) is 2.51. The Balaban J connectivity index is 3.41. The fourth-order valence-electron chi connectivity index (χ4n) is 1.68. The molecule has 21 heavy (non-hydrogen) atoms. The van der Waals surface area contributed by atoms with Gasteiger partial charge < -0.3 is 5.11 Å². The van der Waals surface area contributed by atoms with Gasteiger partial charge in [-0.15, -0.1) is 0 Å². The van der Waals surface area contributed by atoms with Crippen LogP contribution in [0.4, 0.5) is 8.78 Å². The van der Waals surface area contributed by atoms with Crippen LogP contribution in [0, 0.1) is 23.0 Å². The van der Waals surface area contributed by atoms with Crippen molar-refractivity contribution >= 4 is 16.0 Å². The molecule has 0 spiro atoms. The lowest BCUT2D eigenvalue weighted by Gasteiger charge is -2.20. The van der Waals surface area contributed by atoms with Crippen molar-refractivity contribution in [2.45, 2.75) is 18.2 Å². The number of sulfonamides is 1. The first kappa shape index (κ1) is 17.0. The van der Waals surface area contributed by atoms with Crippen molar-refractivity contribution in [3.05, 3.63) is 29.3 Å². The summed E-state index contributed by atoms with van der Waals surface area (Å²) in [6.45, 7) is 0.485. The Morgan fingerprint density at radius 1 is 1.38 bits per heavy atom. The van der Waals surface area contributed by atoms with Crippen molar-refractivity contribution in [1.29, 1.82) is 5.26 Å². The van der Waals surface area contributed by atoms with Crippen molar-refractivity contribution in [2.75, 3.05) is 13.1 Å². The maximum atomic E-state index is 13.8. The van der Waals surface area contributed by atoms with Crippen molar-refractivity contribution < 1.29 is 27.1 Å². The van der Waals surface area contributed by atoms with Gasteiger partial charge >= 0.3 is 5.97 Å². The minimum absolute atomic E-state index is 0.201. The van der Waals surface area contributed by atoms with E-state index in [9.17, 15) is 22.0 Å². The van der Waals surface area contributed by atoms with E-state index in [-0.39, 0.29) is 18.5 Å². The van der Waals surface area contributed by atoms with E-state index >= 15 is 0 Å². The van der Waals surface area contributed by atoms with E-state index in [1.54, 1.807) is 6.92 Å². The molecular formula is C12H12F2N2O4S.